The first kappa shape index (κ1) is 22.9. The van der Waals surface area contributed by atoms with Crippen LogP contribution in [0.4, 0.5) is 0 Å². The highest BCUT2D eigenvalue weighted by molar-refractivity contribution is 4.57. The highest BCUT2D eigenvalue weighted by Crippen LogP contribution is 2.15. The van der Waals surface area contributed by atoms with E-state index in [0.29, 0.717) is 12.6 Å². The van der Waals surface area contributed by atoms with Gasteiger partial charge in [0, 0.05) is 6.42 Å². The summed E-state index contributed by atoms with van der Waals surface area (Å²) in [5, 5.41) is 9.45. The van der Waals surface area contributed by atoms with E-state index < -0.39 is 0 Å². The van der Waals surface area contributed by atoms with Gasteiger partial charge in [-0.15, -0.1) is 0 Å². The van der Waals surface area contributed by atoms with E-state index in [0.717, 1.165) is 10.9 Å². The number of likely N-dealkylation sites (N-methyl/N-ethyl adjacent to an activating group) is 1. The molecule has 1 unspecified atom stereocenters. The van der Waals surface area contributed by atoms with Crippen molar-refractivity contribution < 1.29 is 9.59 Å². The van der Waals surface area contributed by atoms with Crippen LogP contribution >= 0.6 is 0 Å². The van der Waals surface area contributed by atoms with E-state index in [1.165, 1.54) is 89.9 Å². The number of aliphatic hydroxyl groups is 1. The Hall–Kier alpha value is -0.0800. The summed E-state index contributed by atoms with van der Waals surface area (Å²) >= 11 is 0. The first-order chi connectivity index (χ1) is 11.0. The maximum atomic E-state index is 9.45. The summed E-state index contributed by atoms with van der Waals surface area (Å²) in [6, 6.07) is 0.410. The number of quaternary nitrogens is 1. The van der Waals surface area contributed by atoms with Crippen LogP contribution in [0.5, 0.6) is 0 Å². The van der Waals surface area contributed by atoms with Crippen LogP contribution in [0.1, 0.15) is 103 Å². The Kier molecular flexibility index (Phi) is 15.4. The van der Waals surface area contributed by atoms with Crippen molar-refractivity contribution in [3.05, 3.63) is 0 Å². The Balaban J connectivity index is 3.22. The number of unbranched alkanes of at least 4 members (excludes halogenated alkanes) is 13. The van der Waals surface area contributed by atoms with Crippen LogP contribution in [0.15, 0.2) is 0 Å². The summed E-state index contributed by atoms with van der Waals surface area (Å²) < 4.78 is 0.884. The molecule has 0 spiro atoms. The molecule has 2 heteroatoms. The molecular formula is C21H46NO+. The van der Waals surface area contributed by atoms with Crippen LogP contribution in [-0.4, -0.2) is 43.4 Å². The molecular weight excluding hydrogens is 282 g/mol. The van der Waals surface area contributed by atoms with Gasteiger partial charge in [-0.3, -0.25) is 0 Å². The van der Waals surface area contributed by atoms with Crippen LogP contribution in [-0.2, 0) is 0 Å². The van der Waals surface area contributed by atoms with Crippen LogP contribution in [0, 0.1) is 0 Å². The Labute approximate surface area is 147 Å². The van der Waals surface area contributed by atoms with E-state index in [1.807, 2.05) is 0 Å². The van der Waals surface area contributed by atoms with Gasteiger partial charge in [-0.1, -0.05) is 90.4 Å². The Morgan fingerprint density at radius 1 is 0.609 bits per heavy atom. The average molecular weight is 329 g/mol. The summed E-state index contributed by atoms with van der Waals surface area (Å²) in [4.78, 5) is 0. The standard InChI is InChI=1S/C21H46NO/c1-5-6-7-8-9-10-11-12-13-14-15-16-17-18-19-21(20-23)22(2,3)4/h21,23H,5-20H2,1-4H3/q+1. The molecule has 23 heavy (non-hydrogen) atoms. The van der Waals surface area contributed by atoms with E-state index in [4.69, 9.17) is 0 Å². The topological polar surface area (TPSA) is 20.2 Å². The predicted molar refractivity (Wildman–Crippen MR) is 104 cm³/mol. The number of nitrogens with zero attached hydrogens (tertiary/aromatic N) is 1. The molecule has 0 aromatic carbocycles. The van der Waals surface area contributed by atoms with Gasteiger partial charge in [0.05, 0.1) is 27.7 Å². The summed E-state index contributed by atoms with van der Waals surface area (Å²) in [6.07, 6.45) is 20.9. The summed E-state index contributed by atoms with van der Waals surface area (Å²) in [5.74, 6) is 0. The van der Waals surface area contributed by atoms with Gasteiger partial charge in [0.25, 0.3) is 0 Å². The van der Waals surface area contributed by atoms with Gasteiger partial charge in [0.1, 0.15) is 6.04 Å². The summed E-state index contributed by atoms with van der Waals surface area (Å²) in [5.41, 5.74) is 0. The molecule has 0 heterocycles. The third kappa shape index (κ3) is 15.2. The minimum absolute atomic E-state index is 0.321. The summed E-state index contributed by atoms with van der Waals surface area (Å²) in [6.45, 7) is 2.61. The van der Waals surface area contributed by atoms with Crippen LogP contribution in [0.3, 0.4) is 0 Å². The molecule has 2 nitrogen and oxygen atoms in total. The lowest BCUT2D eigenvalue weighted by Gasteiger charge is -2.33. The second-order valence-corrected chi connectivity index (χ2v) is 8.34. The average Bonchev–Trinajstić information content (AvgIpc) is 2.50. The molecule has 0 amide bonds. The molecule has 1 atom stereocenters. The van der Waals surface area contributed by atoms with Gasteiger partial charge in [0.15, 0.2) is 0 Å². The van der Waals surface area contributed by atoms with Crippen molar-refractivity contribution in [1.29, 1.82) is 0 Å². The Morgan fingerprint density at radius 2 is 0.957 bits per heavy atom. The molecule has 0 aromatic heterocycles. The van der Waals surface area contributed by atoms with Gasteiger partial charge < -0.3 is 9.59 Å². The third-order valence-electron chi connectivity index (χ3n) is 5.20. The van der Waals surface area contributed by atoms with Crippen molar-refractivity contribution in [1.82, 2.24) is 0 Å². The van der Waals surface area contributed by atoms with Gasteiger partial charge >= 0.3 is 0 Å². The van der Waals surface area contributed by atoms with E-state index in [2.05, 4.69) is 28.1 Å². The maximum absolute atomic E-state index is 9.45. The number of hydrogen-bond acceptors (Lipinski definition) is 1. The minimum Gasteiger partial charge on any atom is -0.390 e. The first-order valence-electron chi connectivity index (χ1n) is 10.4. The van der Waals surface area contributed by atoms with Gasteiger partial charge in [-0.2, -0.15) is 0 Å². The smallest absolute Gasteiger partial charge is 0.112 e. The van der Waals surface area contributed by atoms with E-state index in [9.17, 15) is 5.11 Å². The fourth-order valence-electron chi connectivity index (χ4n) is 3.30. The van der Waals surface area contributed by atoms with Crippen molar-refractivity contribution in [2.75, 3.05) is 27.7 Å². The lowest BCUT2D eigenvalue weighted by molar-refractivity contribution is -0.897. The fourth-order valence-corrected chi connectivity index (χ4v) is 3.30. The van der Waals surface area contributed by atoms with Crippen molar-refractivity contribution in [2.45, 2.75) is 109 Å². The summed E-state index contributed by atoms with van der Waals surface area (Å²) in [7, 11) is 6.56. The zero-order valence-electron chi connectivity index (χ0n) is 16.8. The lowest BCUT2D eigenvalue weighted by Crippen LogP contribution is -2.47. The van der Waals surface area contributed by atoms with Gasteiger partial charge in [0.2, 0.25) is 0 Å². The van der Waals surface area contributed by atoms with Crippen LogP contribution in [0.25, 0.3) is 0 Å². The number of rotatable bonds is 17. The second kappa shape index (κ2) is 15.4. The molecule has 1 N–H and O–H groups in total. The molecule has 0 aliphatic rings. The maximum Gasteiger partial charge on any atom is 0.112 e. The predicted octanol–water partition coefficient (Wildman–Crippen LogP) is 5.92. The minimum atomic E-state index is 0.321. The molecule has 0 aromatic rings. The van der Waals surface area contributed by atoms with Gasteiger partial charge in [-0.25, -0.2) is 0 Å². The monoisotopic (exact) mass is 328 g/mol. The number of hydrogen-bond donors (Lipinski definition) is 1. The normalized spacial score (nSPS) is 13.4. The fraction of sp³-hybridized carbons (Fsp3) is 1.00. The number of aliphatic hydroxyl groups excluding tert-OH is 1. The molecule has 0 rings (SSSR count). The van der Waals surface area contributed by atoms with E-state index in [-0.39, 0.29) is 0 Å². The quantitative estimate of drug-likeness (QED) is 0.259. The van der Waals surface area contributed by atoms with Crippen LogP contribution < -0.4 is 0 Å². The second-order valence-electron chi connectivity index (χ2n) is 8.34. The van der Waals surface area contributed by atoms with Crippen molar-refractivity contribution in [2.24, 2.45) is 0 Å². The molecule has 140 valence electrons. The molecule has 0 aliphatic carbocycles. The molecule has 0 aliphatic heterocycles. The van der Waals surface area contributed by atoms with E-state index in [1.54, 1.807) is 0 Å². The highest BCUT2D eigenvalue weighted by Gasteiger charge is 2.21. The largest absolute Gasteiger partial charge is 0.390 e. The molecule has 0 radical (unpaired) electrons. The van der Waals surface area contributed by atoms with Gasteiger partial charge in [-0.05, 0) is 6.42 Å². The van der Waals surface area contributed by atoms with Crippen LogP contribution in [0.2, 0.25) is 0 Å². The van der Waals surface area contributed by atoms with E-state index >= 15 is 0 Å². The zero-order valence-corrected chi connectivity index (χ0v) is 16.8. The molecule has 0 saturated carbocycles. The lowest BCUT2D eigenvalue weighted by atomic mass is 10.0. The molecule has 0 bridgehead atoms. The Bertz CT molecular complexity index is 234. The zero-order chi connectivity index (χ0) is 17.4. The van der Waals surface area contributed by atoms with Crippen molar-refractivity contribution in [3.8, 4) is 0 Å². The Morgan fingerprint density at radius 3 is 1.26 bits per heavy atom. The van der Waals surface area contributed by atoms with Crippen molar-refractivity contribution >= 4 is 0 Å². The molecule has 0 fully saturated rings. The highest BCUT2D eigenvalue weighted by atomic mass is 16.3. The third-order valence-corrected chi connectivity index (χ3v) is 5.20. The van der Waals surface area contributed by atoms with Crippen molar-refractivity contribution in [3.63, 3.8) is 0 Å². The first-order valence-corrected chi connectivity index (χ1v) is 10.4. The molecule has 0 saturated heterocycles. The SMILES string of the molecule is CCCCCCCCCCCCCCCCC(CO)[N+](C)(C)C.